The lowest BCUT2D eigenvalue weighted by molar-refractivity contribution is 0.0747. The fraction of sp³-hybridized carbons (Fsp3) is 0.519. The molecule has 2 aromatic rings. The van der Waals surface area contributed by atoms with Crippen LogP contribution in [0.4, 0.5) is 11.4 Å². The van der Waals surface area contributed by atoms with Crippen molar-refractivity contribution >= 4 is 27.3 Å². The van der Waals surface area contributed by atoms with Gasteiger partial charge in [-0.15, -0.1) is 0 Å². The molecule has 0 aromatic heterocycles. The van der Waals surface area contributed by atoms with Crippen LogP contribution in [0.1, 0.15) is 48.0 Å². The monoisotopic (exact) mass is 496 g/mol. The molecule has 8 heteroatoms. The van der Waals surface area contributed by atoms with Crippen molar-refractivity contribution < 1.29 is 13.2 Å². The highest BCUT2D eigenvalue weighted by Gasteiger charge is 2.31. The minimum Gasteiger partial charge on any atom is -0.371 e. The summed E-state index contributed by atoms with van der Waals surface area (Å²) in [6, 6.07) is 13.7. The van der Waals surface area contributed by atoms with E-state index in [0.717, 1.165) is 64.0 Å². The maximum absolute atomic E-state index is 13.8. The van der Waals surface area contributed by atoms with E-state index in [4.69, 9.17) is 0 Å². The largest absolute Gasteiger partial charge is 0.371 e. The summed E-state index contributed by atoms with van der Waals surface area (Å²) in [6.07, 6.45) is 5.04. The Morgan fingerprint density at radius 2 is 1.43 bits per heavy atom. The van der Waals surface area contributed by atoms with Crippen LogP contribution in [0.2, 0.25) is 0 Å². The quantitative estimate of drug-likeness (QED) is 0.631. The van der Waals surface area contributed by atoms with E-state index in [9.17, 15) is 13.2 Å². The topological polar surface area (TPSA) is 64.2 Å². The number of hydrogen-bond donors (Lipinski definition) is 0. The van der Waals surface area contributed by atoms with Gasteiger partial charge in [-0.1, -0.05) is 18.6 Å². The third-order valence-electron chi connectivity index (χ3n) is 7.53. The molecule has 0 atom stereocenters. The molecule has 3 aliphatic rings. The second kappa shape index (κ2) is 10.2. The summed E-state index contributed by atoms with van der Waals surface area (Å²) < 4.78 is 28.3. The number of benzene rings is 2. The maximum Gasteiger partial charge on any atom is 0.256 e. The van der Waals surface area contributed by atoms with Crippen molar-refractivity contribution in [3.05, 3.63) is 53.6 Å². The average molecular weight is 497 g/mol. The zero-order valence-corrected chi connectivity index (χ0v) is 21.5. The fourth-order valence-corrected chi connectivity index (χ4v) is 7.04. The number of amides is 1. The summed E-state index contributed by atoms with van der Waals surface area (Å²) in [5, 5.41) is 0. The second-order valence-corrected chi connectivity index (χ2v) is 11.9. The van der Waals surface area contributed by atoms with E-state index in [0.29, 0.717) is 31.7 Å². The van der Waals surface area contributed by atoms with Gasteiger partial charge in [-0.3, -0.25) is 4.79 Å². The molecule has 3 aliphatic heterocycles. The van der Waals surface area contributed by atoms with Crippen LogP contribution in [-0.4, -0.2) is 75.9 Å². The van der Waals surface area contributed by atoms with Crippen LogP contribution in [0, 0.1) is 6.92 Å². The molecule has 35 heavy (non-hydrogen) atoms. The van der Waals surface area contributed by atoms with Crippen LogP contribution in [-0.2, 0) is 10.0 Å². The van der Waals surface area contributed by atoms with E-state index in [1.807, 2.05) is 11.0 Å². The minimum absolute atomic E-state index is 0.0634. The Kier molecular flexibility index (Phi) is 7.02. The van der Waals surface area contributed by atoms with Crippen LogP contribution < -0.4 is 9.80 Å². The Bertz CT molecular complexity index is 1160. The molecule has 5 rings (SSSR count). The van der Waals surface area contributed by atoms with E-state index < -0.39 is 10.0 Å². The van der Waals surface area contributed by atoms with Gasteiger partial charge in [-0.2, -0.15) is 4.31 Å². The molecule has 1 amide bonds. The molecule has 3 fully saturated rings. The molecule has 0 saturated carbocycles. The summed E-state index contributed by atoms with van der Waals surface area (Å²) in [7, 11) is -3.60. The van der Waals surface area contributed by atoms with Crippen LogP contribution >= 0.6 is 0 Å². The van der Waals surface area contributed by atoms with Gasteiger partial charge in [0.2, 0.25) is 10.0 Å². The lowest BCUT2D eigenvalue weighted by Crippen LogP contribution is -2.49. The van der Waals surface area contributed by atoms with Crippen molar-refractivity contribution in [2.45, 2.75) is 43.9 Å². The molecule has 0 unspecified atom stereocenters. The van der Waals surface area contributed by atoms with Gasteiger partial charge in [0.25, 0.3) is 5.91 Å². The SMILES string of the molecule is Cc1cccc(N2CCN(C(=O)c3cc(S(=O)(=O)N4CCCCC4)ccc3N3CCCC3)CC2)c1. The first kappa shape index (κ1) is 24.1. The Balaban J connectivity index is 1.40. The zero-order valence-electron chi connectivity index (χ0n) is 20.7. The van der Waals surface area contributed by atoms with E-state index in [1.54, 1.807) is 16.4 Å². The number of piperidine rings is 1. The number of piperazine rings is 1. The van der Waals surface area contributed by atoms with Crippen molar-refractivity contribution in [1.29, 1.82) is 0 Å². The molecule has 7 nitrogen and oxygen atoms in total. The normalized spacial score (nSPS) is 19.9. The van der Waals surface area contributed by atoms with Crippen LogP contribution in [0.3, 0.4) is 0 Å². The Hall–Kier alpha value is -2.58. The fourth-order valence-electron chi connectivity index (χ4n) is 5.50. The Morgan fingerprint density at radius 1 is 0.743 bits per heavy atom. The number of nitrogens with zero attached hydrogens (tertiary/aromatic N) is 4. The molecule has 3 saturated heterocycles. The molecule has 0 spiro atoms. The van der Waals surface area contributed by atoms with Crippen molar-refractivity contribution in [3.8, 4) is 0 Å². The Morgan fingerprint density at radius 3 is 2.11 bits per heavy atom. The van der Waals surface area contributed by atoms with Crippen molar-refractivity contribution in [3.63, 3.8) is 0 Å². The molecule has 0 bridgehead atoms. The molecule has 0 radical (unpaired) electrons. The Labute approximate surface area is 209 Å². The smallest absolute Gasteiger partial charge is 0.256 e. The van der Waals surface area contributed by atoms with Crippen LogP contribution in [0.25, 0.3) is 0 Å². The predicted octanol–water partition coefficient (Wildman–Crippen LogP) is 3.73. The number of aryl methyl sites for hydroxylation is 1. The number of anilines is 2. The number of sulfonamides is 1. The molecular weight excluding hydrogens is 460 g/mol. The molecule has 3 heterocycles. The average Bonchev–Trinajstić information content (AvgIpc) is 3.43. The molecular formula is C27H36N4O3S. The van der Waals surface area contributed by atoms with Crippen molar-refractivity contribution in [2.75, 3.05) is 62.2 Å². The van der Waals surface area contributed by atoms with Crippen LogP contribution in [0.5, 0.6) is 0 Å². The summed E-state index contributed by atoms with van der Waals surface area (Å²) in [5.41, 5.74) is 3.80. The summed E-state index contributed by atoms with van der Waals surface area (Å²) in [6.45, 7) is 7.78. The van der Waals surface area contributed by atoms with Gasteiger partial charge in [0.05, 0.1) is 10.5 Å². The van der Waals surface area contributed by atoms with Crippen LogP contribution in [0.15, 0.2) is 47.4 Å². The first-order chi connectivity index (χ1) is 16.9. The first-order valence-electron chi connectivity index (χ1n) is 12.9. The first-order valence-corrected chi connectivity index (χ1v) is 14.4. The lowest BCUT2D eigenvalue weighted by atomic mass is 10.1. The number of rotatable bonds is 5. The second-order valence-electron chi connectivity index (χ2n) is 9.96. The van der Waals surface area contributed by atoms with Gasteiger partial charge in [-0.25, -0.2) is 8.42 Å². The molecule has 188 valence electrons. The summed E-state index contributed by atoms with van der Waals surface area (Å²) in [5.74, 6) is -0.0634. The summed E-state index contributed by atoms with van der Waals surface area (Å²) in [4.78, 5) is 20.5. The maximum atomic E-state index is 13.8. The van der Waals surface area contributed by atoms with Gasteiger partial charge in [0, 0.05) is 63.7 Å². The lowest BCUT2D eigenvalue weighted by Gasteiger charge is -2.37. The number of carbonyl (C=O) groups is 1. The van der Waals surface area contributed by atoms with Crippen molar-refractivity contribution in [1.82, 2.24) is 9.21 Å². The number of hydrogen-bond acceptors (Lipinski definition) is 5. The highest BCUT2D eigenvalue weighted by molar-refractivity contribution is 7.89. The summed E-state index contributed by atoms with van der Waals surface area (Å²) >= 11 is 0. The van der Waals surface area contributed by atoms with Gasteiger partial charge in [0.15, 0.2) is 0 Å². The highest BCUT2D eigenvalue weighted by atomic mass is 32.2. The van der Waals surface area contributed by atoms with E-state index in [1.165, 1.54) is 11.3 Å². The molecule has 0 N–H and O–H groups in total. The van der Waals surface area contributed by atoms with E-state index in [-0.39, 0.29) is 10.8 Å². The molecule has 0 aliphatic carbocycles. The van der Waals surface area contributed by atoms with Gasteiger partial charge in [-0.05, 0) is 68.5 Å². The van der Waals surface area contributed by atoms with E-state index >= 15 is 0 Å². The highest BCUT2D eigenvalue weighted by Crippen LogP contribution is 2.31. The van der Waals surface area contributed by atoms with Gasteiger partial charge < -0.3 is 14.7 Å². The van der Waals surface area contributed by atoms with Gasteiger partial charge >= 0.3 is 0 Å². The van der Waals surface area contributed by atoms with E-state index in [2.05, 4.69) is 41.0 Å². The minimum atomic E-state index is -3.60. The molecule has 2 aromatic carbocycles. The van der Waals surface area contributed by atoms with Gasteiger partial charge in [0.1, 0.15) is 0 Å². The predicted molar refractivity (Wildman–Crippen MR) is 140 cm³/mol. The third kappa shape index (κ3) is 5.05. The standard InChI is InChI=1S/C27H36N4O3S/c1-22-8-7-9-23(20-22)28-16-18-30(19-17-28)27(32)25-21-24(10-11-26(25)29-12-5-6-13-29)35(33,34)31-14-3-2-4-15-31/h7-11,20-21H,2-6,12-19H2,1H3. The number of carbonyl (C=O) groups excluding carboxylic acids is 1. The zero-order chi connectivity index (χ0) is 24.4. The third-order valence-corrected chi connectivity index (χ3v) is 9.43. The van der Waals surface area contributed by atoms with Crippen molar-refractivity contribution in [2.24, 2.45) is 0 Å².